The molecule has 0 spiro atoms. The zero-order chi connectivity index (χ0) is 22.3. The van der Waals surface area contributed by atoms with Gasteiger partial charge in [-0.1, -0.05) is 42.5 Å². The minimum Gasteiger partial charge on any atom is -0.381 e. The van der Waals surface area contributed by atoms with Crippen LogP contribution in [0.25, 0.3) is 0 Å². The molecule has 166 valence electrons. The highest BCUT2D eigenvalue weighted by atomic mass is 19.1. The smallest absolute Gasteiger partial charge is 0.315 e. The van der Waals surface area contributed by atoms with Gasteiger partial charge < -0.3 is 20.3 Å². The van der Waals surface area contributed by atoms with E-state index in [0.29, 0.717) is 19.8 Å². The molecule has 0 bridgehead atoms. The number of halogens is 1. The maximum absolute atomic E-state index is 13.4. The van der Waals surface area contributed by atoms with E-state index in [9.17, 15) is 14.0 Å². The van der Waals surface area contributed by atoms with Gasteiger partial charge in [0.05, 0.1) is 12.5 Å². The van der Waals surface area contributed by atoms with Crippen molar-refractivity contribution in [2.24, 2.45) is 0 Å². The normalized spacial score (nSPS) is 16.2. The second-order valence-electron chi connectivity index (χ2n) is 8.18. The SMILES string of the molecule is CN(C)C(=O)CC(NC(=O)NCC1(c2ccc(F)cc2)CCOCC1)c1ccccc1. The van der Waals surface area contributed by atoms with E-state index in [0.717, 1.165) is 24.0 Å². The molecule has 1 fully saturated rings. The average Bonchev–Trinajstić information content (AvgIpc) is 2.79. The van der Waals surface area contributed by atoms with Gasteiger partial charge in [-0.2, -0.15) is 0 Å². The van der Waals surface area contributed by atoms with Gasteiger partial charge in [0.15, 0.2) is 0 Å². The Morgan fingerprint density at radius 3 is 2.32 bits per heavy atom. The summed E-state index contributed by atoms with van der Waals surface area (Å²) in [6.07, 6.45) is 1.64. The Labute approximate surface area is 182 Å². The lowest BCUT2D eigenvalue weighted by atomic mass is 9.74. The second-order valence-corrected chi connectivity index (χ2v) is 8.18. The lowest BCUT2D eigenvalue weighted by molar-refractivity contribution is -0.129. The molecular weight excluding hydrogens is 397 g/mol. The molecule has 31 heavy (non-hydrogen) atoms. The highest BCUT2D eigenvalue weighted by molar-refractivity contribution is 5.79. The van der Waals surface area contributed by atoms with Gasteiger partial charge in [-0.25, -0.2) is 9.18 Å². The number of rotatable bonds is 7. The number of benzene rings is 2. The van der Waals surface area contributed by atoms with Crippen LogP contribution in [0.1, 0.15) is 36.4 Å². The molecule has 2 aromatic carbocycles. The van der Waals surface area contributed by atoms with Gasteiger partial charge >= 0.3 is 6.03 Å². The largest absolute Gasteiger partial charge is 0.381 e. The monoisotopic (exact) mass is 427 g/mol. The summed E-state index contributed by atoms with van der Waals surface area (Å²) >= 11 is 0. The molecule has 6 nitrogen and oxygen atoms in total. The lowest BCUT2D eigenvalue weighted by Gasteiger charge is -2.38. The average molecular weight is 428 g/mol. The van der Waals surface area contributed by atoms with Crippen molar-refractivity contribution < 1.29 is 18.7 Å². The van der Waals surface area contributed by atoms with Crippen molar-refractivity contribution in [2.75, 3.05) is 33.9 Å². The van der Waals surface area contributed by atoms with E-state index in [1.165, 1.54) is 17.0 Å². The summed E-state index contributed by atoms with van der Waals surface area (Å²) < 4.78 is 18.9. The van der Waals surface area contributed by atoms with Gasteiger partial charge in [-0.3, -0.25) is 4.79 Å². The fourth-order valence-corrected chi connectivity index (χ4v) is 3.89. The number of carbonyl (C=O) groups excluding carboxylic acids is 2. The molecular formula is C24H30FN3O3. The standard InChI is InChI=1S/C24H30FN3O3/c1-28(2)22(29)16-21(18-6-4-3-5-7-18)27-23(30)26-17-24(12-14-31-15-13-24)19-8-10-20(25)11-9-19/h3-11,21H,12-17H2,1-2H3,(H2,26,27,30). The summed E-state index contributed by atoms with van der Waals surface area (Å²) in [6, 6.07) is 15.1. The first-order valence-corrected chi connectivity index (χ1v) is 10.5. The summed E-state index contributed by atoms with van der Waals surface area (Å²) in [6.45, 7) is 1.58. The number of hydrogen-bond donors (Lipinski definition) is 2. The predicted octanol–water partition coefficient (Wildman–Crippen LogP) is 3.39. The number of carbonyl (C=O) groups is 2. The number of amides is 3. The summed E-state index contributed by atoms with van der Waals surface area (Å²) in [5.41, 5.74) is 1.54. The van der Waals surface area contributed by atoms with Crippen LogP contribution in [0.3, 0.4) is 0 Å². The molecule has 0 saturated carbocycles. The van der Waals surface area contributed by atoms with Crippen molar-refractivity contribution in [3.05, 3.63) is 71.5 Å². The third kappa shape index (κ3) is 6.04. The van der Waals surface area contributed by atoms with Crippen LogP contribution in [0.5, 0.6) is 0 Å². The summed E-state index contributed by atoms with van der Waals surface area (Å²) in [4.78, 5) is 26.6. The lowest BCUT2D eigenvalue weighted by Crippen LogP contribution is -2.48. The van der Waals surface area contributed by atoms with E-state index in [1.54, 1.807) is 26.2 Å². The molecule has 3 amide bonds. The summed E-state index contributed by atoms with van der Waals surface area (Å²) in [5.74, 6) is -0.353. The molecule has 1 atom stereocenters. The van der Waals surface area contributed by atoms with Crippen LogP contribution >= 0.6 is 0 Å². The molecule has 7 heteroatoms. The zero-order valence-corrected chi connectivity index (χ0v) is 18.1. The van der Waals surface area contributed by atoms with E-state index in [4.69, 9.17) is 4.74 Å². The molecule has 1 saturated heterocycles. The molecule has 0 aromatic heterocycles. The van der Waals surface area contributed by atoms with Crippen LogP contribution in [0, 0.1) is 5.82 Å². The molecule has 1 aliphatic rings. The van der Waals surface area contributed by atoms with E-state index in [-0.39, 0.29) is 29.6 Å². The number of ether oxygens (including phenoxy) is 1. The fraction of sp³-hybridized carbons (Fsp3) is 0.417. The van der Waals surface area contributed by atoms with Gasteiger partial charge in [0.2, 0.25) is 5.91 Å². The molecule has 1 heterocycles. The van der Waals surface area contributed by atoms with Gasteiger partial charge in [0.25, 0.3) is 0 Å². The van der Waals surface area contributed by atoms with Gasteiger partial charge in [0, 0.05) is 39.3 Å². The van der Waals surface area contributed by atoms with E-state index < -0.39 is 6.04 Å². The molecule has 1 unspecified atom stereocenters. The zero-order valence-electron chi connectivity index (χ0n) is 18.1. The number of hydrogen-bond acceptors (Lipinski definition) is 3. The molecule has 3 rings (SSSR count). The second kappa shape index (κ2) is 10.4. The predicted molar refractivity (Wildman–Crippen MR) is 117 cm³/mol. The maximum Gasteiger partial charge on any atom is 0.315 e. The van der Waals surface area contributed by atoms with Crippen molar-refractivity contribution >= 4 is 11.9 Å². The van der Waals surface area contributed by atoms with E-state index >= 15 is 0 Å². The Kier molecular flexibility index (Phi) is 7.63. The maximum atomic E-state index is 13.4. The van der Waals surface area contributed by atoms with Crippen molar-refractivity contribution in [1.82, 2.24) is 15.5 Å². The Hall–Kier alpha value is -2.93. The van der Waals surface area contributed by atoms with Crippen LogP contribution in [0.2, 0.25) is 0 Å². The quantitative estimate of drug-likeness (QED) is 0.712. The third-order valence-corrected chi connectivity index (χ3v) is 5.88. The minimum absolute atomic E-state index is 0.0682. The Morgan fingerprint density at radius 2 is 1.71 bits per heavy atom. The van der Waals surface area contributed by atoms with E-state index in [2.05, 4.69) is 10.6 Å². The van der Waals surface area contributed by atoms with Crippen molar-refractivity contribution in [3.8, 4) is 0 Å². The molecule has 2 N–H and O–H groups in total. The minimum atomic E-state index is -0.437. The van der Waals surface area contributed by atoms with Crippen molar-refractivity contribution in [3.63, 3.8) is 0 Å². The third-order valence-electron chi connectivity index (χ3n) is 5.88. The first-order valence-electron chi connectivity index (χ1n) is 10.5. The molecule has 0 aliphatic carbocycles. The fourth-order valence-electron chi connectivity index (χ4n) is 3.89. The summed E-state index contributed by atoms with van der Waals surface area (Å²) in [5, 5.41) is 5.93. The van der Waals surface area contributed by atoms with Crippen LogP contribution in [-0.4, -0.2) is 50.7 Å². The first-order chi connectivity index (χ1) is 14.9. The molecule has 2 aromatic rings. The number of urea groups is 1. The summed E-state index contributed by atoms with van der Waals surface area (Å²) in [7, 11) is 3.39. The van der Waals surface area contributed by atoms with Crippen LogP contribution in [0.15, 0.2) is 54.6 Å². The number of nitrogens with one attached hydrogen (secondary N) is 2. The van der Waals surface area contributed by atoms with Crippen LogP contribution in [0.4, 0.5) is 9.18 Å². The highest BCUT2D eigenvalue weighted by Crippen LogP contribution is 2.34. The van der Waals surface area contributed by atoms with Gasteiger partial charge in [-0.05, 0) is 36.1 Å². The highest BCUT2D eigenvalue weighted by Gasteiger charge is 2.35. The Morgan fingerprint density at radius 1 is 1.06 bits per heavy atom. The Balaban J connectivity index is 1.70. The van der Waals surface area contributed by atoms with Crippen molar-refractivity contribution in [1.29, 1.82) is 0 Å². The topological polar surface area (TPSA) is 70.7 Å². The number of nitrogens with zero attached hydrogens (tertiary/aromatic N) is 1. The van der Waals surface area contributed by atoms with Crippen molar-refractivity contribution in [2.45, 2.75) is 30.7 Å². The van der Waals surface area contributed by atoms with E-state index in [1.807, 2.05) is 30.3 Å². The molecule has 1 aliphatic heterocycles. The van der Waals surface area contributed by atoms with Crippen LogP contribution < -0.4 is 10.6 Å². The van der Waals surface area contributed by atoms with Crippen LogP contribution in [-0.2, 0) is 14.9 Å². The van der Waals surface area contributed by atoms with Gasteiger partial charge in [0.1, 0.15) is 5.82 Å². The Bertz CT molecular complexity index is 865. The van der Waals surface area contributed by atoms with Gasteiger partial charge in [-0.15, -0.1) is 0 Å². The molecule has 0 radical (unpaired) electrons. The first kappa shape index (κ1) is 22.7.